The van der Waals surface area contributed by atoms with Gasteiger partial charge in [-0.15, -0.1) is 0 Å². The van der Waals surface area contributed by atoms with Crippen LogP contribution in [0.25, 0.3) is 0 Å². The number of rotatable bonds is 6. The van der Waals surface area contributed by atoms with Crippen molar-refractivity contribution in [2.45, 2.75) is 30.1 Å². The first kappa shape index (κ1) is 16.4. The van der Waals surface area contributed by atoms with Crippen molar-refractivity contribution in [1.82, 2.24) is 4.72 Å². The molecular formula is C7H12Cl3NO4S. The van der Waals surface area contributed by atoms with Crippen molar-refractivity contribution in [2.24, 2.45) is 0 Å². The molecule has 1 N–H and O–H groups in total. The molecule has 0 aromatic rings. The van der Waals surface area contributed by atoms with E-state index in [2.05, 4.69) is 4.18 Å². The third-order valence-electron chi connectivity index (χ3n) is 1.53. The van der Waals surface area contributed by atoms with E-state index in [9.17, 15) is 13.2 Å². The molecule has 16 heavy (non-hydrogen) atoms. The van der Waals surface area contributed by atoms with Crippen LogP contribution in [0.4, 0.5) is 0 Å². The van der Waals surface area contributed by atoms with Gasteiger partial charge in [-0.05, 0) is 6.92 Å². The van der Waals surface area contributed by atoms with Gasteiger partial charge in [0.1, 0.15) is 12.4 Å². The minimum absolute atomic E-state index is 0.216. The lowest BCUT2D eigenvalue weighted by Gasteiger charge is -2.14. The summed E-state index contributed by atoms with van der Waals surface area (Å²) in [6.07, 6.45) is 0.216. The van der Waals surface area contributed by atoms with Crippen LogP contribution >= 0.6 is 34.8 Å². The molecule has 0 heterocycles. The van der Waals surface area contributed by atoms with Crippen LogP contribution in [0.2, 0.25) is 0 Å². The van der Waals surface area contributed by atoms with Crippen molar-refractivity contribution in [3.8, 4) is 0 Å². The van der Waals surface area contributed by atoms with Gasteiger partial charge in [-0.25, -0.2) is 0 Å². The second kappa shape index (κ2) is 6.37. The number of carbonyl (C=O) groups is 1. The van der Waals surface area contributed by atoms with E-state index in [-0.39, 0.29) is 12.2 Å². The summed E-state index contributed by atoms with van der Waals surface area (Å²) >= 11 is 15.9. The molecule has 1 unspecified atom stereocenters. The van der Waals surface area contributed by atoms with Gasteiger partial charge in [0.2, 0.25) is 3.79 Å². The topological polar surface area (TPSA) is 72.5 Å². The molecule has 0 aromatic heterocycles. The number of nitrogens with one attached hydrogen (secondary N) is 1. The summed E-state index contributed by atoms with van der Waals surface area (Å²) in [4.78, 5) is 11.1. The zero-order valence-corrected chi connectivity index (χ0v) is 11.8. The molecule has 0 rings (SSSR count). The van der Waals surface area contributed by atoms with Crippen LogP contribution < -0.4 is 4.72 Å². The highest BCUT2D eigenvalue weighted by Crippen LogP contribution is 2.26. The minimum atomic E-state index is -4.09. The van der Waals surface area contributed by atoms with E-state index in [1.54, 1.807) is 6.92 Å². The second-order valence-corrected chi connectivity index (χ2v) is 6.89. The first-order valence-electron chi connectivity index (χ1n) is 4.33. The van der Waals surface area contributed by atoms with Gasteiger partial charge in [0.15, 0.2) is 0 Å². The average Bonchev–Trinajstić information content (AvgIpc) is 2.12. The van der Waals surface area contributed by atoms with Crippen molar-refractivity contribution in [1.29, 1.82) is 0 Å². The molecule has 0 aliphatic rings. The van der Waals surface area contributed by atoms with Gasteiger partial charge in [-0.1, -0.05) is 41.7 Å². The number of carbonyl (C=O) groups excluding carboxylic acids is 1. The van der Waals surface area contributed by atoms with Gasteiger partial charge >= 0.3 is 10.3 Å². The fourth-order valence-electron chi connectivity index (χ4n) is 0.767. The first-order valence-corrected chi connectivity index (χ1v) is 6.87. The summed E-state index contributed by atoms with van der Waals surface area (Å²) < 4.78 is 27.0. The zero-order valence-electron chi connectivity index (χ0n) is 8.67. The van der Waals surface area contributed by atoms with Crippen molar-refractivity contribution in [2.75, 3.05) is 6.61 Å². The molecule has 0 bridgehead atoms. The largest absolute Gasteiger partial charge is 0.336 e. The van der Waals surface area contributed by atoms with Crippen molar-refractivity contribution in [3.63, 3.8) is 0 Å². The first-order chi connectivity index (χ1) is 7.07. The fraction of sp³-hybridized carbons (Fsp3) is 0.857. The third-order valence-corrected chi connectivity index (χ3v) is 2.93. The number of ketones is 1. The van der Waals surface area contributed by atoms with Gasteiger partial charge in [0.25, 0.3) is 0 Å². The third kappa shape index (κ3) is 7.65. The number of Topliss-reactive ketones (excluding diaryl/α,β-unsaturated/α-hetero) is 1. The van der Waals surface area contributed by atoms with Crippen LogP contribution in [-0.4, -0.2) is 30.6 Å². The molecule has 0 fully saturated rings. The Balaban J connectivity index is 4.31. The van der Waals surface area contributed by atoms with Crippen LogP contribution in [0.3, 0.4) is 0 Å². The van der Waals surface area contributed by atoms with Crippen LogP contribution in [-0.2, 0) is 19.3 Å². The predicted octanol–water partition coefficient (Wildman–Crippen LogP) is 1.58. The van der Waals surface area contributed by atoms with Gasteiger partial charge in [-0.3, -0.25) is 8.98 Å². The van der Waals surface area contributed by atoms with Gasteiger partial charge in [-0.2, -0.15) is 13.1 Å². The monoisotopic (exact) mass is 311 g/mol. The zero-order chi connectivity index (χ0) is 13.0. The Morgan fingerprint density at radius 3 is 2.31 bits per heavy atom. The van der Waals surface area contributed by atoms with Gasteiger partial charge in [0.05, 0.1) is 6.04 Å². The highest BCUT2D eigenvalue weighted by atomic mass is 35.6. The number of alkyl halides is 3. The smallest absolute Gasteiger partial charge is 0.298 e. The van der Waals surface area contributed by atoms with E-state index in [1.807, 2.05) is 4.72 Å². The molecule has 0 amide bonds. The van der Waals surface area contributed by atoms with Crippen LogP contribution in [0, 0.1) is 0 Å². The number of hydrogen-bond acceptors (Lipinski definition) is 4. The van der Waals surface area contributed by atoms with Crippen molar-refractivity contribution < 1.29 is 17.4 Å². The molecule has 0 saturated heterocycles. The molecule has 0 aliphatic carbocycles. The van der Waals surface area contributed by atoms with Crippen LogP contribution in [0.5, 0.6) is 0 Å². The Morgan fingerprint density at radius 1 is 1.44 bits per heavy atom. The highest BCUT2D eigenvalue weighted by molar-refractivity contribution is 7.84. The lowest BCUT2D eigenvalue weighted by atomic mass is 10.2. The van der Waals surface area contributed by atoms with E-state index in [4.69, 9.17) is 34.8 Å². The van der Waals surface area contributed by atoms with E-state index < -0.39 is 26.7 Å². The fourth-order valence-corrected chi connectivity index (χ4v) is 2.09. The minimum Gasteiger partial charge on any atom is -0.298 e. The Bertz CT molecular complexity index is 338. The quantitative estimate of drug-likeness (QED) is 0.756. The molecule has 1 atom stereocenters. The normalized spacial score (nSPS) is 14.8. The maximum absolute atomic E-state index is 11.2. The average molecular weight is 313 g/mol. The SMILES string of the molecule is CCC(=O)C(C)NS(=O)(=O)OCC(Cl)(Cl)Cl. The van der Waals surface area contributed by atoms with Crippen molar-refractivity contribution >= 4 is 50.9 Å². The Labute approximate surface area is 110 Å². The highest BCUT2D eigenvalue weighted by Gasteiger charge is 2.26. The van der Waals surface area contributed by atoms with Crippen molar-refractivity contribution in [3.05, 3.63) is 0 Å². The summed E-state index contributed by atoms with van der Waals surface area (Å²) in [7, 11) is -4.09. The van der Waals surface area contributed by atoms with E-state index >= 15 is 0 Å². The summed E-state index contributed by atoms with van der Waals surface area (Å²) in [6, 6.07) is -0.870. The van der Waals surface area contributed by atoms with E-state index in [0.717, 1.165) is 0 Å². The lowest BCUT2D eigenvalue weighted by molar-refractivity contribution is -0.120. The summed E-state index contributed by atoms with van der Waals surface area (Å²) in [6.45, 7) is 2.40. The van der Waals surface area contributed by atoms with E-state index in [0.29, 0.717) is 0 Å². The second-order valence-electron chi connectivity index (χ2n) is 2.99. The molecule has 0 spiro atoms. The van der Waals surface area contributed by atoms with Gasteiger partial charge < -0.3 is 0 Å². The molecule has 9 heteroatoms. The Kier molecular flexibility index (Phi) is 6.53. The summed E-state index contributed by atoms with van der Waals surface area (Å²) in [5.41, 5.74) is 0. The maximum atomic E-state index is 11.2. The molecule has 0 aliphatic heterocycles. The lowest BCUT2D eigenvalue weighted by Crippen LogP contribution is -2.40. The Hall–Kier alpha value is 0.410. The molecule has 5 nitrogen and oxygen atoms in total. The van der Waals surface area contributed by atoms with Crippen LogP contribution in [0.1, 0.15) is 20.3 Å². The number of halogens is 3. The molecule has 96 valence electrons. The number of hydrogen-bond donors (Lipinski definition) is 1. The Morgan fingerprint density at radius 2 is 1.94 bits per heavy atom. The van der Waals surface area contributed by atoms with E-state index in [1.165, 1.54) is 6.92 Å². The maximum Gasteiger partial charge on any atom is 0.336 e. The predicted molar refractivity (Wildman–Crippen MR) is 63.1 cm³/mol. The summed E-state index contributed by atoms with van der Waals surface area (Å²) in [5.74, 6) is -0.263. The molecule has 0 radical (unpaired) electrons. The molecule has 0 aromatic carbocycles. The standard InChI is InChI=1S/C7H12Cl3NO4S/c1-3-6(12)5(2)11-16(13,14)15-4-7(8,9)10/h5,11H,3-4H2,1-2H3. The summed E-state index contributed by atoms with van der Waals surface area (Å²) in [5, 5.41) is 0. The van der Waals surface area contributed by atoms with Gasteiger partial charge in [0, 0.05) is 6.42 Å². The van der Waals surface area contributed by atoms with Crippen LogP contribution in [0.15, 0.2) is 0 Å². The molecule has 0 saturated carbocycles. The molecular weight excluding hydrogens is 301 g/mol.